The van der Waals surface area contributed by atoms with Crippen LogP contribution in [0, 0.1) is 16.0 Å². The number of fused-ring (bicyclic) bond motifs is 1. The fraction of sp³-hybridized carbons (Fsp3) is 0.471. The first-order valence-electron chi connectivity index (χ1n) is 8.20. The Bertz CT molecular complexity index is 753. The molecule has 1 aliphatic heterocycles. The summed E-state index contributed by atoms with van der Waals surface area (Å²) in [5.74, 6) is 0.764. The number of nitro benzene ring substituents is 1. The van der Waals surface area contributed by atoms with Gasteiger partial charge in [-0.05, 0) is 50.9 Å². The third-order valence-electron chi connectivity index (χ3n) is 4.63. The topological polar surface area (TPSA) is 88.6 Å². The number of likely N-dealkylation sites (tertiary alicyclic amines) is 1. The van der Waals surface area contributed by atoms with Crippen molar-refractivity contribution in [1.82, 2.24) is 10.2 Å². The summed E-state index contributed by atoms with van der Waals surface area (Å²) in [5.41, 5.74) is 0.487. The highest BCUT2D eigenvalue weighted by Crippen LogP contribution is 2.26. The molecule has 0 bridgehead atoms. The minimum absolute atomic E-state index is 0. The van der Waals surface area contributed by atoms with Crippen molar-refractivity contribution < 1.29 is 14.1 Å². The zero-order chi connectivity index (χ0) is 17.1. The first-order chi connectivity index (χ1) is 11.6. The molecule has 1 aromatic heterocycles. The van der Waals surface area contributed by atoms with E-state index in [-0.39, 0.29) is 29.8 Å². The molecule has 1 saturated heterocycles. The summed E-state index contributed by atoms with van der Waals surface area (Å²) in [5, 5.41) is 14.6. The highest BCUT2D eigenvalue weighted by molar-refractivity contribution is 5.96. The van der Waals surface area contributed by atoms with Crippen LogP contribution in [0.5, 0.6) is 0 Å². The molecule has 0 atom stereocenters. The molecule has 1 N–H and O–H groups in total. The largest absolute Gasteiger partial charge is 0.451 e. The smallest absolute Gasteiger partial charge is 0.289 e. The Morgan fingerprint density at radius 1 is 1.36 bits per heavy atom. The third-order valence-corrected chi connectivity index (χ3v) is 4.63. The zero-order valence-corrected chi connectivity index (χ0v) is 14.9. The average molecular weight is 368 g/mol. The summed E-state index contributed by atoms with van der Waals surface area (Å²) >= 11 is 0. The number of furan rings is 1. The van der Waals surface area contributed by atoms with E-state index in [1.165, 1.54) is 18.2 Å². The summed E-state index contributed by atoms with van der Waals surface area (Å²) in [4.78, 5) is 24.8. The van der Waals surface area contributed by atoms with Gasteiger partial charge in [0.25, 0.3) is 11.6 Å². The van der Waals surface area contributed by atoms with Crippen molar-refractivity contribution in [2.24, 2.45) is 5.92 Å². The number of benzene rings is 1. The Balaban J connectivity index is 0.00000225. The fourth-order valence-corrected chi connectivity index (χ4v) is 3.18. The lowest BCUT2D eigenvalue weighted by Gasteiger charge is -2.31. The summed E-state index contributed by atoms with van der Waals surface area (Å²) < 4.78 is 5.59. The molecule has 8 heteroatoms. The Morgan fingerprint density at radius 2 is 2.08 bits per heavy atom. The van der Waals surface area contributed by atoms with Crippen LogP contribution in [0.2, 0.25) is 0 Å². The van der Waals surface area contributed by atoms with Gasteiger partial charge < -0.3 is 14.6 Å². The molecule has 7 nitrogen and oxygen atoms in total. The molecule has 0 spiro atoms. The number of nitro groups is 1. The number of carbonyl (C=O) groups excluding carboxylic acids is 1. The number of piperidine rings is 1. The van der Waals surface area contributed by atoms with Crippen molar-refractivity contribution >= 4 is 35.0 Å². The molecule has 1 amide bonds. The van der Waals surface area contributed by atoms with Gasteiger partial charge in [-0.15, -0.1) is 12.4 Å². The lowest BCUT2D eigenvalue weighted by atomic mass is 9.93. The van der Waals surface area contributed by atoms with Crippen LogP contribution in [0.15, 0.2) is 28.7 Å². The standard InChI is InChI=1S/C17H21N3O4.ClH/c1-18-7-4-12-5-8-19(9-6-12)17(21)16-11-13-10-14(20(22)23)2-3-15(13)24-16;/h2-3,10-12,18H,4-9H2,1H3;1H. The molecule has 136 valence electrons. The van der Waals surface area contributed by atoms with Crippen molar-refractivity contribution in [3.8, 4) is 0 Å². The highest BCUT2D eigenvalue weighted by Gasteiger charge is 2.25. The van der Waals surface area contributed by atoms with Crippen LogP contribution in [0.25, 0.3) is 11.0 Å². The second-order valence-corrected chi connectivity index (χ2v) is 6.22. The molecule has 0 saturated carbocycles. The van der Waals surface area contributed by atoms with Crippen LogP contribution in [0.4, 0.5) is 5.69 Å². The Hall–Kier alpha value is -2.12. The summed E-state index contributed by atoms with van der Waals surface area (Å²) in [7, 11) is 1.95. The Labute approximate surface area is 151 Å². The van der Waals surface area contributed by atoms with Crippen molar-refractivity contribution in [2.45, 2.75) is 19.3 Å². The number of halogens is 1. The Kier molecular flexibility index (Phi) is 6.39. The number of nitrogens with one attached hydrogen (secondary N) is 1. The zero-order valence-electron chi connectivity index (χ0n) is 14.1. The van der Waals surface area contributed by atoms with Crippen molar-refractivity contribution in [1.29, 1.82) is 0 Å². The number of amides is 1. The molecule has 3 rings (SSSR count). The first-order valence-corrected chi connectivity index (χ1v) is 8.20. The fourth-order valence-electron chi connectivity index (χ4n) is 3.18. The summed E-state index contributed by atoms with van der Waals surface area (Å²) in [6.45, 7) is 2.45. The maximum Gasteiger partial charge on any atom is 0.289 e. The second-order valence-electron chi connectivity index (χ2n) is 6.22. The molecule has 0 unspecified atom stereocenters. The van der Waals surface area contributed by atoms with E-state index in [1.807, 2.05) is 11.9 Å². The van der Waals surface area contributed by atoms with Crippen molar-refractivity contribution in [3.63, 3.8) is 0 Å². The van der Waals surface area contributed by atoms with Gasteiger partial charge in [0.1, 0.15) is 5.58 Å². The third kappa shape index (κ3) is 4.29. The molecule has 1 aromatic carbocycles. The summed E-state index contributed by atoms with van der Waals surface area (Å²) in [6, 6.07) is 5.94. The van der Waals surface area contributed by atoms with Crippen LogP contribution in [-0.2, 0) is 0 Å². The van der Waals surface area contributed by atoms with Gasteiger partial charge in [-0.3, -0.25) is 14.9 Å². The van der Waals surface area contributed by atoms with Gasteiger partial charge in [0.05, 0.1) is 4.92 Å². The summed E-state index contributed by atoms with van der Waals surface area (Å²) in [6.07, 6.45) is 3.13. The van der Waals surface area contributed by atoms with Crippen LogP contribution < -0.4 is 5.32 Å². The van der Waals surface area contributed by atoms with E-state index in [0.717, 1.165) is 38.9 Å². The Morgan fingerprint density at radius 3 is 2.72 bits per heavy atom. The van der Waals surface area contributed by atoms with E-state index in [0.29, 0.717) is 16.9 Å². The van der Waals surface area contributed by atoms with Crippen LogP contribution in [0.1, 0.15) is 29.8 Å². The minimum atomic E-state index is -0.454. The first kappa shape index (κ1) is 19.2. The number of hydrogen-bond donors (Lipinski definition) is 1. The van der Waals surface area contributed by atoms with Crippen LogP contribution >= 0.6 is 12.4 Å². The van der Waals surface area contributed by atoms with Gasteiger partial charge in [0.15, 0.2) is 5.76 Å². The average Bonchev–Trinajstić information content (AvgIpc) is 3.02. The van der Waals surface area contributed by atoms with Gasteiger partial charge in [-0.25, -0.2) is 0 Å². The number of non-ortho nitro benzene ring substituents is 1. The second kappa shape index (κ2) is 8.31. The molecule has 0 aliphatic carbocycles. The number of nitrogens with zero attached hydrogens (tertiary/aromatic N) is 2. The monoisotopic (exact) mass is 367 g/mol. The van der Waals surface area contributed by atoms with E-state index in [4.69, 9.17) is 4.42 Å². The molecule has 2 heterocycles. The SMILES string of the molecule is CNCCC1CCN(C(=O)c2cc3cc([N+](=O)[O-])ccc3o2)CC1.Cl. The maximum absolute atomic E-state index is 12.6. The van der Waals surface area contributed by atoms with Gasteiger partial charge in [-0.2, -0.15) is 0 Å². The lowest BCUT2D eigenvalue weighted by molar-refractivity contribution is -0.384. The van der Waals surface area contributed by atoms with E-state index in [2.05, 4.69) is 5.32 Å². The van der Waals surface area contributed by atoms with Gasteiger partial charge >= 0.3 is 0 Å². The van der Waals surface area contributed by atoms with E-state index in [9.17, 15) is 14.9 Å². The molecule has 1 fully saturated rings. The molecule has 1 aliphatic rings. The quantitative estimate of drug-likeness (QED) is 0.647. The van der Waals surface area contributed by atoms with Crippen molar-refractivity contribution in [3.05, 3.63) is 40.1 Å². The number of carbonyl (C=O) groups is 1. The van der Waals surface area contributed by atoms with Crippen molar-refractivity contribution in [2.75, 3.05) is 26.7 Å². The molecular weight excluding hydrogens is 346 g/mol. The predicted octanol–water partition coefficient (Wildman–Crippen LogP) is 3.22. The van der Waals surface area contributed by atoms with E-state index < -0.39 is 4.92 Å². The lowest BCUT2D eigenvalue weighted by Crippen LogP contribution is -2.38. The highest BCUT2D eigenvalue weighted by atomic mass is 35.5. The normalized spacial score (nSPS) is 15.2. The van der Waals surface area contributed by atoms with Gasteiger partial charge in [0.2, 0.25) is 0 Å². The van der Waals surface area contributed by atoms with Gasteiger partial charge in [0, 0.05) is 30.6 Å². The predicted molar refractivity (Wildman–Crippen MR) is 97.3 cm³/mol. The molecular formula is C17H22ClN3O4. The van der Waals surface area contributed by atoms with Crippen LogP contribution in [-0.4, -0.2) is 42.4 Å². The van der Waals surface area contributed by atoms with E-state index >= 15 is 0 Å². The molecule has 25 heavy (non-hydrogen) atoms. The molecule has 0 radical (unpaired) electrons. The maximum atomic E-state index is 12.6. The number of hydrogen-bond acceptors (Lipinski definition) is 5. The minimum Gasteiger partial charge on any atom is -0.451 e. The van der Waals surface area contributed by atoms with Gasteiger partial charge in [-0.1, -0.05) is 0 Å². The number of rotatable bonds is 5. The van der Waals surface area contributed by atoms with E-state index in [1.54, 1.807) is 6.07 Å². The van der Waals surface area contributed by atoms with Crippen LogP contribution in [0.3, 0.4) is 0 Å². The molecule has 2 aromatic rings.